The highest BCUT2D eigenvalue weighted by atomic mass is 79.9. The number of hydrogen-bond acceptors (Lipinski definition) is 3. The van der Waals surface area contributed by atoms with Gasteiger partial charge < -0.3 is 9.72 Å². The van der Waals surface area contributed by atoms with Gasteiger partial charge >= 0.3 is 6.09 Å². The number of benzene rings is 2. The molecule has 0 aliphatic carbocycles. The minimum Gasteiger partial charge on any atom is -0.444 e. The number of hydrogen-bond donors (Lipinski definition) is 1. The van der Waals surface area contributed by atoms with Crippen LogP contribution in [0.5, 0.6) is 0 Å². The van der Waals surface area contributed by atoms with Crippen LogP contribution in [0.15, 0.2) is 59.2 Å². The molecular formula is C22H22BrN3O2. The van der Waals surface area contributed by atoms with E-state index in [1.54, 1.807) is 4.90 Å². The van der Waals surface area contributed by atoms with Crippen LogP contribution in [0.3, 0.4) is 0 Å². The van der Waals surface area contributed by atoms with E-state index >= 15 is 0 Å². The smallest absolute Gasteiger partial charge is 0.411 e. The van der Waals surface area contributed by atoms with Crippen molar-refractivity contribution in [3.05, 3.63) is 76.2 Å². The number of imidazole rings is 1. The highest BCUT2D eigenvalue weighted by Gasteiger charge is 2.38. The van der Waals surface area contributed by atoms with Crippen molar-refractivity contribution >= 4 is 22.0 Å². The molecule has 1 unspecified atom stereocenters. The van der Waals surface area contributed by atoms with Crippen LogP contribution in [0.2, 0.25) is 0 Å². The Kier molecular flexibility index (Phi) is 4.75. The second-order valence-electron chi connectivity index (χ2n) is 7.90. The number of aromatic amines is 1. The monoisotopic (exact) mass is 439 g/mol. The Morgan fingerprint density at radius 3 is 2.61 bits per heavy atom. The first-order valence-electron chi connectivity index (χ1n) is 9.20. The van der Waals surface area contributed by atoms with Crippen LogP contribution in [0, 0.1) is 0 Å². The zero-order valence-corrected chi connectivity index (χ0v) is 17.7. The van der Waals surface area contributed by atoms with E-state index in [9.17, 15) is 4.79 Å². The summed E-state index contributed by atoms with van der Waals surface area (Å²) in [7, 11) is 0. The predicted molar refractivity (Wildman–Crippen MR) is 112 cm³/mol. The van der Waals surface area contributed by atoms with E-state index in [1.807, 2.05) is 75.5 Å². The molecule has 28 heavy (non-hydrogen) atoms. The third-order valence-corrected chi connectivity index (χ3v) is 5.17. The molecule has 0 bridgehead atoms. The average molecular weight is 440 g/mol. The first-order chi connectivity index (χ1) is 13.3. The van der Waals surface area contributed by atoms with Gasteiger partial charge in [0.05, 0.1) is 18.4 Å². The maximum Gasteiger partial charge on any atom is 0.411 e. The van der Waals surface area contributed by atoms with Gasteiger partial charge in [-0.25, -0.2) is 9.78 Å². The molecule has 0 saturated heterocycles. The lowest BCUT2D eigenvalue weighted by atomic mass is 10.0. The van der Waals surface area contributed by atoms with Gasteiger partial charge in [-0.2, -0.15) is 0 Å². The number of ether oxygens (including phenoxy) is 1. The maximum absolute atomic E-state index is 12.9. The number of fused-ring (bicyclic) bond motifs is 1. The van der Waals surface area contributed by atoms with Crippen molar-refractivity contribution in [1.82, 2.24) is 14.9 Å². The molecule has 1 aliphatic rings. The number of aromatic nitrogens is 2. The van der Waals surface area contributed by atoms with Crippen molar-refractivity contribution in [1.29, 1.82) is 0 Å². The fraction of sp³-hybridized carbons (Fsp3) is 0.273. The molecule has 1 amide bonds. The summed E-state index contributed by atoms with van der Waals surface area (Å²) in [6.45, 7) is 6.13. The Labute approximate surface area is 172 Å². The standard InChI is InChI=1S/C22H22BrN3O2/c1-22(2,3)28-21(27)26-13-15-6-4-5-7-17(15)19(26)20-24-12-18(25-20)14-8-10-16(23)11-9-14/h4-12,19H,13H2,1-3H3,(H,24,25). The maximum atomic E-state index is 12.9. The van der Waals surface area contributed by atoms with Gasteiger partial charge in [-0.05, 0) is 49.6 Å². The van der Waals surface area contributed by atoms with Gasteiger partial charge in [0.25, 0.3) is 0 Å². The fourth-order valence-corrected chi connectivity index (χ4v) is 3.69. The van der Waals surface area contributed by atoms with E-state index in [4.69, 9.17) is 4.74 Å². The van der Waals surface area contributed by atoms with Crippen LogP contribution in [-0.2, 0) is 11.3 Å². The van der Waals surface area contributed by atoms with Crippen LogP contribution >= 0.6 is 15.9 Å². The molecule has 0 spiro atoms. The summed E-state index contributed by atoms with van der Waals surface area (Å²) in [6, 6.07) is 15.8. The zero-order chi connectivity index (χ0) is 19.9. The van der Waals surface area contributed by atoms with Gasteiger partial charge in [-0.1, -0.05) is 52.3 Å². The number of carbonyl (C=O) groups is 1. The molecule has 1 aliphatic heterocycles. The Bertz CT molecular complexity index is 1010. The summed E-state index contributed by atoms with van der Waals surface area (Å²) >= 11 is 3.46. The van der Waals surface area contributed by atoms with Crippen molar-refractivity contribution < 1.29 is 9.53 Å². The Balaban J connectivity index is 1.70. The number of amides is 1. The lowest BCUT2D eigenvalue weighted by molar-refractivity contribution is 0.0197. The van der Waals surface area contributed by atoms with E-state index in [1.165, 1.54) is 0 Å². The molecule has 0 radical (unpaired) electrons. The number of halogens is 1. The molecule has 6 heteroatoms. The van der Waals surface area contributed by atoms with E-state index in [2.05, 4.69) is 25.9 Å². The quantitative estimate of drug-likeness (QED) is 0.558. The number of nitrogens with one attached hydrogen (secondary N) is 1. The number of rotatable bonds is 2. The van der Waals surface area contributed by atoms with Crippen LogP contribution in [0.4, 0.5) is 4.79 Å². The Morgan fingerprint density at radius 1 is 1.18 bits per heavy atom. The summed E-state index contributed by atoms with van der Waals surface area (Å²) in [5.74, 6) is 0.730. The number of carbonyl (C=O) groups excluding carboxylic acids is 1. The van der Waals surface area contributed by atoms with Crippen molar-refractivity contribution in [2.24, 2.45) is 0 Å². The van der Waals surface area contributed by atoms with E-state index in [0.717, 1.165) is 32.7 Å². The molecule has 2 heterocycles. The molecule has 144 valence electrons. The molecule has 0 saturated carbocycles. The molecule has 4 rings (SSSR count). The Hall–Kier alpha value is -2.60. The molecule has 1 N–H and O–H groups in total. The first-order valence-corrected chi connectivity index (χ1v) is 9.99. The topological polar surface area (TPSA) is 58.2 Å². The second kappa shape index (κ2) is 7.09. The molecule has 5 nitrogen and oxygen atoms in total. The third kappa shape index (κ3) is 3.69. The first kappa shape index (κ1) is 18.7. The second-order valence-corrected chi connectivity index (χ2v) is 8.81. The molecule has 1 atom stereocenters. The van der Waals surface area contributed by atoms with Crippen LogP contribution in [0.25, 0.3) is 11.3 Å². The van der Waals surface area contributed by atoms with Crippen LogP contribution in [0.1, 0.15) is 43.8 Å². The van der Waals surface area contributed by atoms with E-state index < -0.39 is 5.60 Å². The number of nitrogens with zero attached hydrogens (tertiary/aromatic N) is 2. The average Bonchev–Trinajstić information content (AvgIpc) is 3.25. The molecule has 0 fully saturated rings. The van der Waals surface area contributed by atoms with Crippen LogP contribution in [-0.4, -0.2) is 26.6 Å². The lowest BCUT2D eigenvalue weighted by Gasteiger charge is -2.28. The SMILES string of the molecule is CC(C)(C)OC(=O)N1Cc2ccccc2C1c1ncc(-c2ccc(Br)cc2)[nH]1. The minimum atomic E-state index is -0.553. The summed E-state index contributed by atoms with van der Waals surface area (Å²) < 4.78 is 6.67. The van der Waals surface area contributed by atoms with Gasteiger partial charge in [0.2, 0.25) is 0 Å². The van der Waals surface area contributed by atoms with Gasteiger partial charge in [0.15, 0.2) is 0 Å². The lowest BCUT2D eigenvalue weighted by Crippen LogP contribution is -2.36. The van der Waals surface area contributed by atoms with Crippen molar-refractivity contribution in [2.45, 2.75) is 39.0 Å². The van der Waals surface area contributed by atoms with E-state index in [-0.39, 0.29) is 12.1 Å². The fourth-order valence-electron chi connectivity index (χ4n) is 3.42. The largest absolute Gasteiger partial charge is 0.444 e. The summed E-state index contributed by atoms with van der Waals surface area (Å²) in [6.07, 6.45) is 1.47. The molecule has 2 aromatic carbocycles. The van der Waals surface area contributed by atoms with Crippen molar-refractivity contribution in [3.63, 3.8) is 0 Å². The summed E-state index contributed by atoms with van der Waals surface area (Å²) in [5.41, 5.74) is 3.58. The van der Waals surface area contributed by atoms with Crippen molar-refractivity contribution in [3.8, 4) is 11.3 Å². The van der Waals surface area contributed by atoms with Gasteiger partial charge in [0, 0.05) is 4.47 Å². The van der Waals surface area contributed by atoms with Crippen LogP contribution < -0.4 is 0 Å². The number of H-pyrrole nitrogens is 1. The predicted octanol–water partition coefficient (Wildman–Crippen LogP) is 5.68. The Morgan fingerprint density at radius 2 is 1.89 bits per heavy atom. The molecule has 1 aromatic heterocycles. The highest BCUT2D eigenvalue weighted by Crippen LogP contribution is 2.38. The zero-order valence-electron chi connectivity index (χ0n) is 16.1. The van der Waals surface area contributed by atoms with Gasteiger partial charge in [-0.3, -0.25) is 4.90 Å². The van der Waals surface area contributed by atoms with Gasteiger partial charge in [0.1, 0.15) is 17.5 Å². The summed E-state index contributed by atoms with van der Waals surface area (Å²) in [5, 5.41) is 0. The minimum absolute atomic E-state index is 0.296. The summed E-state index contributed by atoms with van der Waals surface area (Å²) in [4.78, 5) is 22.6. The van der Waals surface area contributed by atoms with Crippen molar-refractivity contribution in [2.75, 3.05) is 0 Å². The van der Waals surface area contributed by atoms with Gasteiger partial charge in [-0.15, -0.1) is 0 Å². The highest BCUT2D eigenvalue weighted by molar-refractivity contribution is 9.10. The molecular weight excluding hydrogens is 418 g/mol. The normalized spacial score (nSPS) is 16.1. The van der Waals surface area contributed by atoms with E-state index in [0.29, 0.717) is 6.54 Å². The molecule has 3 aromatic rings. The third-order valence-electron chi connectivity index (χ3n) is 4.64.